The summed E-state index contributed by atoms with van der Waals surface area (Å²) in [6.45, 7) is 5.50. The third kappa shape index (κ3) is 17.9. The van der Waals surface area contributed by atoms with Gasteiger partial charge in [-0.15, -0.1) is 0 Å². The molecule has 0 unspecified atom stereocenters. The molecule has 0 amide bonds. The standard InChI is InChI=1S/C10H16N.6FH.Sb/c1-3-4-7-11-8-5-6-10(2)9-11;;;;;;;/h5-6,8-9H,3-4,7H2,1-2H3;6*1H;/q+1;;;;;;;+5/p-6. The Morgan fingerprint density at radius 1 is 1.11 bits per heavy atom. The van der Waals surface area contributed by atoms with E-state index in [0.29, 0.717) is 0 Å². The first-order chi connectivity index (χ1) is 7.78. The summed E-state index contributed by atoms with van der Waals surface area (Å²) in [5.41, 5.74) is 1.34. The average Bonchev–Trinajstić information content (AvgIpc) is 2.10. The van der Waals surface area contributed by atoms with Crippen LogP contribution in [0.1, 0.15) is 25.3 Å². The summed E-state index contributed by atoms with van der Waals surface area (Å²) in [6, 6.07) is 4.23. The average molecular weight is 386 g/mol. The van der Waals surface area contributed by atoms with Crippen LogP contribution in [0, 0.1) is 6.92 Å². The number of hydrogen-bond donors (Lipinski definition) is 0. The van der Waals surface area contributed by atoms with Gasteiger partial charge in [-0.2, -0.15) is 0 Å². The summed E-state index contributed by atoms with van der Waals surface area (Å²) in [5.74, 6) is 0. The molecule has 0 saturated carbocycles. The molecule has 1 heterocycles. The number of halogens is 6. The van der Waals surface area contributed by atoms with Gasteiger partial charge in [-0.25, -0.2) is 4.57 Å². The topological polar surface area (TPSA) is 3.88 Å². The van der Waals surface area contributed by atoms with Gasteiger partial charge in [0.15, 0.2) is 12.4 Å². The maximum atomic E-state index is 9.93. The van der Waals surface area contributed by atoms with Crippen LogP contribution in [0.25, 0.3) is 0 Å². The van der Waals surface area contributed by atoms with Crippen LogP contribution in [0.15, 0.2) is 24.5 Å². The van der Waals surface area contributed by atoms with Gasteiger partial charge in [-0.1, -0.05) is 13.3 Å². The Bertz CT molecular complexity index is 374. The molecule has 0 aromatic carbocycles. The van der Waals surface area contributed by atoms with Gasteiger partial charge in [0.2, 0.25) is 0 Å². The van der Waals surface area contributed by atoms with Gasteiger partial charge in [-0.05, 0) is 13.0 Å². The van der Waals surface area contributed by atoms with E-state index in [4.69, 9.17) is 0 Å². The molecule has 1 nitrogen and oxygen atoms in total. The van der Waals surface area contributed by atoms with Crippen molar-refractivity contribution in [3.63, 3.8) is 0 Å². The fourth-order valence-electron chi connectivity index (χ4n) is 1.13. The minimum atomic E-state index is -11.2. The Kier molecular flexibility index (Phi) is 5.14. The number of unbranched alkanes of at least 4 members (excludes halogenated alkanes) is 1. The van der Waals surface area contributed by atoms with Gasteiger partial charge >= 0.3 is 36.4 Å². The summed E-state index contributed by atoms with van der Waals surface area (Å²) in [4.78, 5) is 0. The van der Waals surface area contributed by atoms with E-state index in [-0.39, 0.29) is 0 Å². The third-order valence-corrected chi connectivity index (χ3v) is 1.78. The van der Waals surface area contributed by atoms with Gasteiger partial charge in [0.1, 0.15) is 6.54 Å². The van der Waals surface area contributed by atoms with Crippen LogP contribution in [-0.4, -0.2) is 19.5 Å². The Morgan fingerprint density at radius 3 is 2.00 bits per heavy atom. The first kappa shape index (κ1) is 17.5. The molecular weight excluding hydrogens is 370 g/mol. The molecule has 0 aliphatic heterocycles. The first-order valence-corrected chi connectivity index (χ1v) is 11.1. The molecule has 8 heteroatoms. The Balaban J connectivity index is 0.000000360. The molecule has 1 rings (SSSR count). The second kappa shape index (κ2) is 5.27. The van der Waals surface area contributed by atoms with Gasteiger partial charge in [0, 0.05) is 18.1 Å². The summed E-state index contributed by atoms with van der Waals surface area (Å²) in [5, 5.41) is 0. The predicted octanol–water partition coefficient (Wildman–Crippen LogP) is 4.22. The molecule has 108 valence electrons. The van der Waals surface area contributed by atoms with Crippen molar-refractivity contribution in [1.82, 2.24) is 0 Å². The number of aryl methyl sites for hydroxylation is 2. The van der Waals surface area contributed by atoms with Gasteiger partial charge in [0.05, 0.1) is 0 Å². The third-order valence-electron chi connectivity index (χ3n) is 1.78. The van der Waals surface area contributed by atoms with Crippen LogP contribution in [-0.2, 0) is 6.54 Å². The summed E-state index contributed by atoms with van der Waals surface area (Å²) < 4.78 is 61.8. The zero-order valence-corrected chi connectivity index (χ0v) is 12.6. The van der Waals surface area contributed by atoms with Crippen molar-refractivity contribution in [2.45, 2.75) is 33.2 Å². The van der Waals surface area contributed by atoms with Gasteiger partial charge in [0.25, 0.3) is 0 Å². The number of rotatable bonds is 3. The van der Waals surface area contributed by atoms with E-state index in [1.165, 1.54) is 18.4 Å². The Hall–Kier alpha value is -0.452. The van der Waals surface area contributed by atoms with E-state index < -0.39 is 19.5 Å². The second-order valence-corrected chi connectivity index (χ2v) is 9.40. The van der Waals surface area contributed by atoms with E-state index >= 15 is 0 Å². The molecule has 0 aliphatic rings. The van der Waals surface area contributed by atoms with Crippen molar-refractivity contribution < 1.29 is 21.4 Å². The minimum absolute atomic E-state index is 1.15. The fraction of sp³-hybridized carbons (Fsp3) is 0.500. The monoisotopic (exact) mass is 385 g/mol. The van der Waals surface area contributed by atoms with E-state index in [2.05, 4.69) is 42.9 Å². The molecule has 1 aromatic heterocycles. The van der Waals surface area contributed by atoms with Crippen LogP contribution in [0.4, 0.5) is 16.9 Å². The van der Waals surface area contributed by atoms with Crippen LogP contribution >= 0.6 is 0 Å². The zero-order valence-electron chi connectivity index (χ0n) is 10.1. The Morgan fingerprint density at radius 2 is 1.61 bits per heavy atom. The summed E-state index contributed by atoms with van der Waals surface area (Å²) in [6.07, 6.45) is 6.85. The number of nitrogens with zero attached hydrogens (tertiary/aromatic N) is 1. The van der Waals surface area contributed by atoms with Crippen molar-refractivity contribution in [3.8, 4) is 0 Å². The van der Waals surface area contributed by atoms with Crippen LogP contribution < -0.4 is 4.57 Å². The molecule has 0 N–H and O–H groups in total. The van der Waals surface area contributed by atoms with Crippen molar-refractivity contribution in [2.75, 3.05) is 0 Å². The molecule has 0 spiro atoms. The van der Waals surface area contributed by atoms with Crippen LogP contribution in [0.3, 0.4) is 0 Å². The Labute approximate surface area is 104 Å². The van der Waals surface area contributed by atoms with E-state index in [1.807, 2.05) is 0 Å². The summed E-state index contributed by atoms with van der Waals surface area (Å²) in [7, 11) is 0. The van der Waals surface area contributed by atoms with Crippen molar-refractivity contribution in [2.24, 2.45) is 0 Å². The molecule has 0 bridgehead atoms. The van der Waals surface area contributed by atoms with Crippen LogP contribution in [0.5, 0.6) is 0 Å². The molecule has 1 aromatic rings. The fourth-order valence-corrected chi connectivity index (χ4v) is 1.13. The maximum absolute atomic E-state index is 11.2. The molecule has 0 aliphatic carbocycles. The SMILES string of the molecule is CCCC[n+]1cccc(C)c1.[F][Sb-]([F])([F])([F])([F])[F]. The molecule has 0 saturated heterocycles. The quantitative estimate of drug-likeness (QED) is 0.416. The van der Waals surface area contributed by atoms with E-state index in [9.17, 15) is 16.9 Å². The second-order valence-electron chi connectivity index (χ2n) is 3.93. The van der Waals surface area contributed by atoms with Crippen molar-refractivity contribution >= 4 is 19.5 Å². The number of pyridine rings is 1. The molecular formula is C10H16F6NSb. The normalized spacial score (nSPS) is 15.1. The van der Waals surface area contributed by atoms with Crippen LogP contribution in [0.2, 0.25) is 0 Å². The molecule has 0 fully saturated rings. The molecule has 0 radical (unpaired) electrons. The zero-order chi connectivity index (χ0) is 14.5. The first-order valence-electron chi connectivity index (χ1n) is 5.30. The molecule has 18 heavy (non-hydrogen) atoms. The van der Waals surface area contributed by atoms with Crippen molar-refractivity contribution in [3.05, 3.63) is 30.1 Å². The summed E-state index contributed by atoms with van der Waals surface area (Å²) >= 11 is -11.2. The molecule has 0 atom stereocenters. The van der Waals surface area contributed by atoms with E-state index in [1.54, 1.807) is 0 Å². The number of aromatic nitrogens is 1. The van der Waals surface area contributed by atoms with Gasteiger partial charge in [-0.3, -0.25) is 0 Å². The van der Waals surface area contributed by atoms with E-state index in [0.717, 1.165) is 6.54 Å². The number of hydrogen-bond acceptors (Lipinski definition) is 0. The van der Waals surface area contributed by atoms with Gasteiger partial charge < -0.3 is 0 Å². The predicted molar refractivity (Wildman–Crippen MR) is 58.7 cm³/mol. The van der Waals surface area contributed by atoms with Crippen molar-refractivity contribution in [1.29, 1.82) is 0 Å².